The van der Waals surface area contributed by atoms with E-state index in [1.807, 2.05) is 30.3 Å². The summed E-state index contributed by atoms with van der Waals surface area (Å²) < 4.78 is 0. The number of amides is 3. The maximum Gasteiger partial charge on any atom is 0.327 e. The summed E-state index contributed by atoms with van der Waals surface area (Å²) in [6, 6.07) is 10.8. The van der Waals surface area contributed by atoms with E-state index in [9.17, 15) is 9.59 Å². The highest BCUT2D eigenvalue weighted by atomic mass is 35.5. The molecule has 1 aliphatic rings. The summed E-state index contributed by atoms with van der Waals surface area (Å²) in [5.41, 5.74) is 15.0. The van der Waals surface area contributed by atoms with Gasteiger partial charge in [0.1, 0.15) is 6.54 Å². The molecule has 0 aromatic heterocycles. The molecule has 2 aromatic carbocycles. The molecule has 4 N–H and O–H groups in total. The molecule has 0 bridgehead atoms. The number of nitrogens with two attached hydrogens (primary N) is 2. The second kappa shape index (κ2) is 6.05. The number of hydrogen-bond acceptors (Lipinski definition) is 4. The monoisotopic (exact) mass is 344 g/mol. The molecular formula is C17H17ClN4O2. The molecule has 0 spiro atoms. The van der Waals surface area contributed by atoms with Crippen LogP contribution in [0.5, 0.6) is 0 Å². The van der Waals surface area contributed by atoms with Crippen LogP contribution in [0, 0.1) is 0 Å². The van der Waals surface area contributed by atoms with Crippen LogP contribution in [0.15, 0.2) is 36.4 Å². The SMILES string of the molecule is CN1C(=O)CN(Cc2cccc(-c3ccc(N)c(N)c3Cl)c2)C1=O. The Morgan fingerprint density at radius 1 is 1.17 bits per heavy atom. The topological polar surface area (TPSA) is 92.7 Å². The number of nitrogens with zero attached hydrogens (tertiary/aromatic N) is 2. The molecule has 124 valence electrons. The van der Waals surface area contributed by atoms with Crippen molar-refractivity contribution in [2.24, 2.45) is 0 Å². The van der Waals surface area contributed by atoms with Gasteiger partial charge in [0.25, 0.3) is 0 Å². The Bertz CT molecular complexity index is 837. The van der Waals surface area contributed by atoms with E-state index in [-0.39, 0.29) is 18.5 Å². The van der Waals surface area contributed by atoms with E-state index < -0.39 is 0 Å². The van der Waals surface area contributed by atoms with Gasteiger partial charge in [0.2, 0.25) is 5.91 Å². The number of anilines is 2. The molecule has 3 rings (SSSR count). The van der Waals surface area contributed by atoms with Gasteiger partial charge in [-0.25, -0.2) is 4.79 Å². The molecule has 7 heteroatoms. The summed E-state index contributed by atoms with van der Waals surface area (Å²) >= 11 is 6.30. The number of halogens is 1. The molecule has 0 saturated carbocycles. The first-order valence-corrected chi connectivity index (χ1v) is 7.74. The number of carbonyl (C=O) groups is 2. The molecule has 1 heterocycles. The zero-order valence-corrected chi connectivity index (χ0v) is 13.9. The Balaban J connectivity index is 1.89. The van der Waals surface area contributed by atoms with Gasteiger partial charge < -0.3 is 16.4 Å². The van der Waals surface area contributed by atoms with Crippen LogP contribution in [0.3, 0.4) is 0 Å². The number of benzene rings is 2. The van der Waals surface area contributed by atoms with Crippen molar-refractivity contribution in [1.82, 2.24) is 9.80 Å². The van der Waals surface area contributed by atoms with Gasteiger partial charge >= 0.3 is 6.03 Å². The van der Waals surface area contributed by atoms with Gasteiger partial charge in [-0.05, 0) is 23.3 Å². The quantitative estimate of drug-likeness (QED) is 0.661. The molecule has 1 aliphatic heterocycles. The first-order chi connectivity index (χ1) is 11.4. The second-order valence-electron chi connectivity index (χ2n) is 5.72. The van der Waals surface area contributed by atoms with E-state index in [4.69, 9.17) is 23.1 Å². The minimum atomic E-state index is -0.292. The third-order valence-electron chi connectivity index (χ3n) is 4.08. The lowest BCUT2D eigenvalue weighted by Crippen LogP contribution is -2.29. The summed E-state index contributed by atoms with van der Waals surface area (Å²) in [5.74, 6) is -0.203. The smallest absolute Gasteiger partial charge is 0.327 e. The number of nitrogen functional groups attached to an aromatic ring is 2. The predicted molar refractivity (Wildman–Crippen MR) is 94.3 cm³/mol. The normalized spacial score (nSPS) is 14.6. The zero-order chi connectivity index (χ0) is 17.4. The van der Waals surface area contributed by atoms with E-state index in [2.05, 4.69) is 0 Å². The van der Waals surface area contributed by atoms with Crippen molar-refractivity contribution in [3.63, 3.8) is 0 Å². The molecule has 0 unspecified atom stereocenters. The van der Waals surface area contributed by atoms with Crippen LogP contribution in [0.1, 0.15) is 5.56 Å². The standard InChI is InChI=1S/C17H17ClN4O2/c1-21-14(23)9-22(17(21)24)8-10-3-2-4-11(7-10)12-5-6-13(19)16(20)15(12)18/h2-7H,8-9,19-20H2,1H3. The van der Waals surface area contributed by atoms with Crippen LogP contribution in [0.25, 0.3) is 11.1 Å². The predicted octanol–water partition coefficient (Wildman–Crippen LogP) is 2.57. The maximum absolute atomic E-state index is 12.0. The number of likely N-dealkylation sites (N-methyl/N-ethyl adjacent to an activating group) is 1. The van der Waals surface area contributed by atoms with E-state index in [1.165, 1.54) is 11.9 Å². The van der Waals surface area contributed by atoms with Gasteiger partial charge in [-0.2, -0.15) is 0 Å². The number of imide groups is 1. The Kier molecular flexibility index (Phi) is 4.07. The Morgan fingerprint density at radius 3 is 2.58 bits per heavy atom. The lowest BCUT2D eigenvalue weighted by Gasteiger charge is -2.16. The molecule has 0 atom stereocenters. The fraction of sp³-hybridized carbons (Fsp3) is 0.176. The van der Waals surface area contributed by atoms with Crippen LogP contribution >= 0.6 is 11.6 Å². The van der Waals surface area contributed by atoms with E-state index in [0.717, 1.165) is 21.6 Å². The van der Waals surface area contributed by atoms with Gasteiger partial charge in [0, 0.05) is 19.2 Å². The second-order valence-corrected chi connectivity index (χ2v) is 6.10. The Labute approximate surface area is 144 Å². The van der Waals surface area contributed by atoms with E-state index in [0.29, 0.717) is 22.9 Å². The summed E-state index contributed by atoms with van der Waals surface area (Å²) in [4.78, 5) is 26.2. The van der Waals surface area contributed by atoms with Crippen molar-refractivity contribution >= 4 is 34.9 Å². The number of hydrogen-bond donors (Lipinski definition) is 2. The lowest BCUT2D eigenvalue weighted by molar-refractivity contribution is -0.124. The van der Waals surface area contributed by atoms with Crippen LogP contribution in [0.2, 0.25) is 5.02 Å². The van der Waals surface area contributed by atoms with Crippen molar-refractivity contribution in [2.45, 2.75) is 6.54 Å². The molecule has 0 aliphatic carbocycles. The fourth-order valence-electron chi connectivity index (χ4n) is 2.67. The molecule has 2 aromatic rings. The molecule has 3 amide bonds. The summed E-state index contributed by atoms with van der Waals surface area (Å²) in [6.07, 6.45) is 0. The molecular weight excluding hydrogens is 328 g/mol. The summed E-state index contributed by atoms with van der Waals surface area (Å²) in [7, 11) is 1.48. The number of carbonyl (C=O) groups excluding carboxylic acids is 2. The van der Waals surface area contributed by atoms with Gasteiger partial charge in [0.15, 0.2) is 0 Å². The summed E-state index contributed by atoms with van der Waals surface area (Å²) in [6.45, 7) is 0.444. The highest BCUT2D eigenvalue weighted by molar-refractivity contribution is 6.36. The highest BCUT2D eigenvalue weighted by Gasteiger charge is 2.32. The molecule has 24 heavy (non-hydrogen) atoms. The first kappa shape index (κ1) is 16.1. The minimum absolute atomic E-state index is 0.0924. The summed E-state index contributed by atoms with van der Waals surface area (Å²) in [5, 5.41) is 0.402. The van der Waals surface area contributed by atoms with E-state index >= 15 is 0 Å². The van der Waals surface area contributed by atoms with Crippen LogP contribution in [-0.2, 0) is 11.3 Å². The maximum atomic E-state index is 12.0. The first-order valence-electron chi connectivity index (χ1n) is 7.36. The van der Waals surface area contributed by atoms with Gasteiger partial charge in [0.05, 0.1) is 16.4 Å². The van der Waals surface area contributed by atoms with Gasteiger partial charge in [-0.3, -0.25) is 9.69 Å². The highest BCUT2D eigenvalue weighted by Crippen LogP contribution is 2.36. The molecule has 1 fully saturated rings. The van der Waals surface area contributed by atoms with Crippen molar-refractivity contribution in [3.8, 4) is 11.1 Å². The third-order valence-corrected chi connectivity index (χ3v) is 4.49. The van der Waals surface area contributed by atoms with Crippen molar-refractivity contribution in [2.75, 3.05) is 25.1 Å². The van der Waals surface area contributed by atoms with Crippen molar-refractivity contribution in [3.05, 3.63) is 47.0 Å². The minimum Gasteiger partial charge on any atom is -0.397 e. The number of rotatable bonds is 3. The van der Waals surface area contributed by atoms with Crippen LogP contribution in [-0.4, -0.2) is 35.3 Å². The van der Waals surface area contributed by atoms with E-state index in [1.54, 1.807) is 6.07 Å². The number of urea groups is 1. The van der Waals surface area contributed by atoms with Gasteiger partial charge in [-0.15, -0.1) is 0 Å². The Hall–Kier alpha value is -2.73. The lowest BCUT2D eigenvalue weighted by atomic mass is 10.0. The van der Waals surface area contributed by atoms with Gasteiger partial charge in [-0.1, -0.05) is 35.9 Å². The van der Waals surface area contributed by atoms with Crippen molar-refractivity contribution < 1.29 is 9.59 Å². The van der Waals surface area contributed by atoms with Crippen molar-refractivity contribution in [1.29, 1.82) is 0 Å². The molecule has 1 saturated heterocycles. The van der Waals surface area contributed by atoms with Crippen LogP contribution in [0.4, 0.5) is 16.2 Å². The molecule has 0 radical (unpaired) electrons. The van der Waals surface area contributed by atoms with Crippen LogP contribution < -0.4 is 11.5 Å². The fourth-order valence-corrected chi connectivity index (χ4v) is 2.95. The average Bonchev–Trinajstić information content (AvgIpc) is 2.80. The molecule has 6 nitrogen and oxygen atoms in total. The largest absolute Gasteiger partial charge is 0.397 e. The third kappa shape index (κ3) is 2.76. The Morgan fingerprint density at radius 2 is 1.92 bits per heavy atom. The average molecular weight is 345 g/mol. The zero-order valence-electron chi connectivity index (χ0n) is 13.1.